The Hall–Kier alpha value is -2.95. The third kappa shape index (κ3) is 6.39. The summed E-state index contributed by atoms with van der Waals surface area (Å²) in [6.45, 7) is 1.29. The third-order valence-electron chi connectivity index (χ3n) is 6.05. The van der Waals surface area contributed by atoms with Crippen molar-refractivity contribution >= 4 is 39.9 Å². The molecule has 0 aromatic heterocycles. The Labute approximate surface area is 211 Å². The largest absolute Gasteiger partial charge is 0.339 e. The topological polar surface area (TPSA) is 106 Å². The minimum Gasteiger partial charge on any atom is -0.339 e. The first-order valence-electron chi connectivity index (χ1n) is 11.6. The molecule has 2 aliphatic rings. The first kappa shape index (κ1) is 25.2. The van der Waals surface area contributed by atoms with Crippen LogP contribution in [0.4, 0.5) is 0 Å². The molecule has 4 rings (SSSR count). The molecule has 1 amide bonds. The van der Waals surface area contributed by atoms with Gasteiger partial charge in [0.15, 0.2) is 0 Å². The normalized spacial score (nSPS) is 19.7. The van der Waals surface area contributed by atoms with Crippen LogP contribution in [-0.2, 0) is 15.0 Å². The number of rotatable bonds is 7. The van der Waals surface area contributed by atoms with Gasteiger partial charge in [-0.1, -0.05) is 60.5 Å². The van der Waals surface area contributed by atoms with Gasteiger partial charge < -0.3 is 5.32 Å². The third-order valence-corrected chi connectivity index (χ3v) is 7.79. The van der Waals surface area contributed by atoms with Gasteiger partial charge in [-0.15, -0.1) is 0 Å². The quantitative estimate of drug-likeness (QED) is 0.255. The number of hydrazone groups is 1. The fourth-order valence-corrected chi connectivity index (χ4v) is 5.68. The molecule has 1 unspecified atom stereocenters. The van der Waals surface area contributed by atoms with Crippen LogP contribution in [0.1, 0.15) is 42.7 Å². The van der Waals surface area contributed by atoms with Crippen molar-refractivity contribution in [2.45, 2.75) is 31.6 Å². The van der Waals surface area contributed by atoms with Crippen LogP contribution in [-0.4, -0.2) is 62.1 Å². The molecule has 0 saturated carbocycles. The lowest BCUT2D eigenvalue weighted by Gasteiger charge is -2.33. The summed E-state index contributed by atoms with van der Waals surface area (Å²) in [4.78, 5) is 15.1. The summed E-state index contributed by atoms with van der Waals surface area (Å²) in [5.41, 5.74) is 2.79. The van der Waals surface area contributed by atoms with Gasteiger partial charge in [0, 0.05) is 30.6 Å². The van der Waals surface area contributed by atoms with Gasteiger partial charge >= 0.3 is 10.2 Å². The Morgan fingerprint density at radius 3 is 2.46 bits per heavy atom. The summed E-state index contributed by atoms with van der Waals surface area (Å²) in [6.07, 6.45) is 3.86. The van der Waals surface area contributed by atoms with Gasteiger partial charge in [-0.25, -0.2) is 14.7 Å². The number of hydrogen-bond acceptors (Lipinski definition) is 5. The average Bonchev–Trinajstić information content (AvgIpc) is 2.89. The second-order valence-corrected chi connectivity index (χ2v) is 10.5. The number of amides is 1. The van der Waals surface area contributed by atoms with Gasteiger partial charge in [-0.2, -0.15) is 17.8 Å². The van der Waals surface area contributed by atoms with Crippen LogP contribution >= 0.6 is 11.6 Å². The number of hydrogen-bond donors (Lipinski definition) is 2. The van der Waals surface area contributed by atoms with Crippen molar-refractivity contribution in [2.24, 2.45) is 10.1 Å². The first-order valence-corrected chi connectivity index (χ1v) is 13.5. The lowest BCUT2D eigenvalue weighted by molar-refractivity contribution is -0.109. The molecule has 2 aromatic rings. The molecular weight excluding hydrogens is 488 g/mol. The summed E-state index contributed by atoms with van der Waals surface area (Å²) in [7, 11) is -3.81. The number of carbonyl (C=O) groups excluding carboxylic acids is 1. The van der Waals surface area contributed by atoms with Crippen molar-refractivity contribution < 1.29 is 13.2 Å². The molecule has 0 bridgehead atoms. The standard InChI is InChI=1S/C24H29ClN6O3S/c25-21-11-9-20(10-12-21)23-22(19-7-3-1-4-8-19)13-16-31(28-23)24(27-17-26-18-32)29-35(33,34)30-14-5-2-6-15-30/h1,3-4,7-12,18,22H,2,5-6,13-17H2,(H,26,32)(H,27,29). The average molecular weight is 517 g/mol. The molecule has 0 spiro atoms. The molecule has 1 saturated heterocycles. The Morgan fingerprint density at radius 1 is 1.06 bits per heavy atom. The number of nitrogens with zero attached hydrogens (tertiary/aromatic N) is 4. The van der Waals surface area contributed by atoms with Crippen LogP contribution in [0.5, 0.6) is 0 Å². The number of nitrogens with one attached hydrogen (secondary N) is 2. The van der Waals surface area contributed by atoms with E-state index in [1.165, 1.54) is 4.31 Å². The molecule has 9 nitrogen and oxygen atoms in total. The highest BCUT2D eigenvalue weighted by Crippen LogP contribution is 2.30. The molecule has 186 valence electrons. The van der Waals surface area contributed by atoms with Crippen LogP contribution in [0.25, 0.3) is 0 Å². The predicted octanol–water partition coefficient (Wildman–Crippen LogP) is 2.91. The van der Waals surface area contributed by atoms with E-state index < -0.39 is 10.2 Å². The molecule has 1 fully saturated rings. The summed E-state index contributed by atoms with van der Waals surface area (Å²) < 4.78 is 30.2. The smallest absolute Gasteiger partial charge is 0.303 e. The van der Waals surface area contributed by atoms with E-state index in [2.05, 4.69) is 27.2 Å². The van der Waals surface area contributed by atoms with Crippen molar-refractivity contribution in [3.63, 3.8) is 0 Å². The van der Waals surface area contributed by atoms with E-state index in [1.807, 2.05) is 42.5 Å². The summed E-state index contributed by atoms with van der Waals surface area (Å²) in [5, 5.41) is 9.51. The number of aliphatic imine (C=N–C) groups is 1. The van der Waals surface area contributed by atoms with Gasteiger partial charge in [-0.3, -0.25) is 4.79 Å². The lowest BCUT2D eigenvalue weighted by Crippen LogP contribution is -2.51. The van der Waals surface area contributed by atoms with E-state index >= 15 is 0 Å². The highest BCUT2D eigenvalue weighted by Gasteiger charge is 2.31. The highest BCUT2D eigenvalue weighted by atomic mass is 35.5. The maximum absolute atomic E-state index is 13.1. The maximum atomic E-state index is 13.1. The fraction of sp³-hybridized carbons (Fsp3) is 0.375. The van der Waals surface area contributed by atoms with Crippen LogP contribution < -0.4 is 10.0 Å². The van der Waals surface area contributed by atoms with Crippen molar-refractivity contribution in [3.8, 4) is 0 Å². The second kappa shape index (κ2) is 11.7. The van der Waals surface area contributed by atoms with E-state index in [9.17, 15) is 13.2 Å². The molecule has 0 radical (unpaired) electrons. The SMILES string of the molecule is O=CNC/N=C(/NS(=O)(=O)N1CCCCC1)N1CCC(c2ccccc2)C(c2ccc(Cl)cc2)=N1. The van der Waals surface area contributed by atoms with Gasteiger partial charge in [0.05, 0.1) is 5.71 Å². The molecule has 2 aliphatic heterocycles. The maximum Gasteiger partial charge on any atom is 0.303 e. The summed E-state index contributed by atoms with van der Waals surface area (Å²) in [6, 6.07) is 17.5. The number of halogens is 1. The fourth-order valence-electron chi connectivity index (χ4n) is 4.29. The van der Waals surface area contributed by atoms with Gasteiger partial charge in [0.1, 0.15) is 6.67 Å². The minimum absolute atomic E-state index is 0.0154. The minimum atomic E-state index is -3.81. The van der Waals surface area contributed by atoms with E-state index in [4.69, 9.17) is 16.7 Å². The molecule has 1 atom stereocenters. The zero-order chi connectivity index (χ0) is 24.7. The van der Waals surface area contributed by atoms with Crippen molar-refractivity contribution in [3.05, 3.63) is 70.7 Å². The Balaban J connectivity index is 1.69. The number of guanidine groups is 1. The summed E-state index contributed by atoms with van der Waals surface area (Å²) in [5.74, 6) is 0.0876. The second-order valence-electron chi connectivity index (χ2n) is 8.40. The Kier molecular flexibility index (Phi) is 8.37. The molecule has 2 heterocycles. The Morgan fingerprint density at radius 2 is 1.77 bits per heavy atom. The molecule has 11 heteroatoms. The number of benzene rings is 2. The van der Waals surface area contributed by atoms with E-state index in [0.29, 0.717) is 37.5 Å². The molecule has 2 N–H and O–H groups in total. The van der Waals surface area contributed by atoms with Crippen LogP contribution in [0.2, 0.25) is 5.02 Å². The van der Waals surface area contributed by atoms with Crippen molar-refractivity contribution in [1.82, 2.24) is 19.4 Å². The number of carbonyl (C=O) groups is 1. The van der Waals surface area contributed by atoms with Crippen LogP contribution in [0, 0.1) is 0 Å². The molecule has 35 heavy (non-hydrogen) atoms. The Bertz CT molecular complexity index is 1170. The van der Waals surface area contributed by atoms with E-state index in [0.717, 1.165) is 36.1 Å². The van der Waals surface area contributed by atoms with Gasteiger partial charge in [-0.05, 0) is 42.5 Å². The zero-order valence-corrected chi connectivity index (χ0v) is 20.9. The molecular formula is C24H29ClN6O3S. The van der Waals surface area contributed by atoms with E-state index in [1.54, 1.807) is 5.01 Å². The molecule has 0 aliphatic carbocycles. The number of piperidine rings is 1. The lowest BCUT2D eigenvalue weighted by atomic mass is 9.86. The predicted molar refractivity (Wildman–Crippen MR) is 137 cm³/mol. The van der Waals surface area contributed by atoms with Gasteiger partial charge in [0.25, 0.3) is 0 Å². The highest BCUT2D eigenvalue weighted by molar-refractivity contribution is 7.87. The summed E-state index contributed by atoms with van der Waals surface area (Å²) >= 11 is 6.11. The van der Waals surface area contributed by atoms with Crippen molar-refractivity contribution in [1.29, 1.82) is 0 Å². The van der Waals surface area contributed by atoms with E-state index in [-0.39, 0.29) is 18.5 Å². The van der Waals surface area contributed by atoms with Crippen LogP contribution in [0.15, 0.2) is 64.7 Å². The van der Waals surface area contributed by atoms with Crippen LogP contribution in [0.3, 0.4) is 0 Å². The zero-order valence-electron chi connectivity index (χ0n) is 19.3. The monoisotopic (exact) mass is 516 g/mol. The van der Waals surface area contributed by atoms with Gasteiger partial charge in [0.2, 0.25) is 12.4 Å². The van der Waals surface area contributed by atoms with Crippen molar-refractivity contribution in [2.75, 3.05) is 26.3 Å². The molecule has 2 aromatic carbocycles. The first-order chi connectivity index (χ1) is 17.0.